The molecule has 13 rings (SSSR count). The molecule has 0 N–H and O–H groups in total. The summed E-state index contributed by atoms with van der Waals surface area (Å²) in [5.41, 5.74) is 29.5. The molecule has 7 aromatic rings. The highest BCUT2D eigenvalue weighted by molar-refractivity contribution is 5.55. The largest absolute Gasteiger partial charge is 0.0654 e. The van der Waals surface area contributed by atoms with Gasteiger partial charge in [0.2, 0.25) is 0 Å². The second-order valence-corrected chi connectivity index (χ2v) is 50.1. The van der Waals surface area contributed by atoms with Crippen molar-refractivity contribution in [3.05, 3.63) is 246 Å². The minimum atomic E-state index is 0.704. The van der Waals surface area contributed by atoms with Gasteiger partial charge in [0.25, 0.3) is 0 Å². The molecule has 0 bridgehead atoms. The van der Waals surface area contributed by atoms with Crippen molar-refractivity contribution in [2.45, 2.75) is 616 Å². The molecule has 6 aliphatic carbocycles. The minimum absolute atomic E-state index is 0.704. The first-order valence-electron chi connectivity index (χ1n) is 64.9. The molecule has 6 fully saturated rings. The number of aryl methyl sites for hydroxylation is 6. The maximum atomic E-state index is 2.64. The fourth-order valence-electron chi connectivity index (χ4n) is 29.3. The standard InChI is InChI=1S/C144H222/c1-7-13-19-25-31-37-43-49-115-55-85-127(86-56-115)133-97-67-121(68-98-133)79-109-139-140(110-80-122-69-99-134(100-70-122)128-87-57-116(58-88-128)50-44-38-32-26-20-14-8-2)142(112-82-124-73-103-136(104-74-124)130-91-61-118(62-92-130)52-46-40-34-28-22-16-10-4)144(114-84-126-77-107-138(108-78-126)132-95-65-120(66-96-132)54-48-42-36-30-24-18-12-6)143(113-83-125-75-105-137(106-76-125)131-93-63-119(64-94-131)53-47-41-35-29-23-17-11-5)141(139)111-81-123-71-101-135(102-72-123)129-89-59-117(60-90-129)51-45-39-33-27-21-15-9-3/h67-78,97-108,115-120,127-132H,7-66,79-96,109-114H2,1-6H3/t115-,116-,117-,118-,119-,120-,127-,128-,129-,130-,131-,132-. The zero-order valence-electron chi connectivity index (χ0n) is 95.2. The average molecular weight is 1950 g/mol. The summed E-state index contributed by atoms with van der Waals surface area (Å²) in [5.74, 6) is 9.82. The van der Waals surface area contributed by atoms with Crippen LogP contribution >= 0.6 is 0 Å². The van der Waals surface area contributed by atoms with Crippen molar-refractivity contribution in [1.82, 2.24) is 0 Å². The van der Waals surface area contributed by atoms with Crippen molar-refractivity contribution < 1.29 is 0 Å². The number of rotatable bonds is 72. The maximum absolute atomic E-state index is 2.64. The van der Waals surface area contributed by atoms with Gasteiger partial charge in [-0.3, -0.25) is 0 Å². The average Bonchev–Trinajstić information content (AvgIpc) is 0.757. The lowest BCUT2D eigenvalue weighted by Gasteiger charge is -2.30. The van der Waals surface area contributed by atoms with E-state index in [2.05, 4.69) is 187 Å². The van der Waals surface area contributed by atoms with Gasteiger partial charge in [-0.1, -0.05) is 495 Å². The van der Waals surface area contributed by atoms with Crippen molar-refractivity contribution in [3.63, 3.8) is 0 Å². The zero-order valence-corrected chi connectivity index (χ0v) is 95.2. The third-order valence-corrected chi connectivity index (χ3v) is 39.3. The molecule has 0 heterocycles. The molecule has 0 amide bonds. The van der Waals surface area contributed by atoms with Gasteiger partial charge in [-0.25, -0.2) is 0 Å². The Hall–Kier alpha value is -5.46. The minimum Gasteiger partial charge on any atom is -0.0654 e. The van der Waals surface area contributed by atoms with Gasteiger partial charge in [0.05, 0.1) is 0 Å². The molecule has 0 spiro atoms. The number of benzene rings is 7. The molecule has 6 saturated carbocycles. The Morgan fingerprint density at radius 2 is 0.236 bits per heavy atom. The van der Waals surface area contributed by atoms with Crippen LogP contribution in [0.1, 0.15) is 639 Å². The predicted molar refractivity (Wildman–Crippen MR) is 633 cm³/mol. The number of hydrogen-bond acceptors (Lipinski definition) is 0. The molecule has 6 aliphatic rings. The van der Waals surface area contributed by atoms with Gasteiger partial charge < -0.3 is 0 Å². The maximum Gasteiger partial charge on any atom is -0.0162 e. The van der Waals surface area contributed by atoms with Crippen LogP contribution in [0.25, 0.3) is 0 Å². The predicted octanol–water partition coefficient (Wildman–Crippen LogP) is 44.9. The Morgan fingerprint density at radius 3 is 0.354 bits per heavy atom. The molecule has 798 valence electrons. The van der Waals surface area contributed by atoms with Gasteiger partial charge in [-0.05, 0) is 402 Å². The van der Waals surface area contributed by atoms with E-state index in [4.69, 9.17) is 0 Å². The first kappa shape index (κ1) is 116. The summed E-state index contributed by atoms with van der Waals surface area (Å²) in [5, 5.41) is 0. The van der Waals surface area contributed by atoms with Crippen LogP contribution in [0.15, 0.2) is 146 Å². The van der Waals surface area contributed by atoms with E-state index in [0.29, 0.717) is 35.5 Å². The molecule has 0 heteroatoms. The topological polar surface area (TPSA) is 0 Å². The van der Waals surface area contributed by atoms with E-state index in [0.717, 1.165) is 113 Å². The molecular formula is C144H222. The molecular weight excluding hydrogens is 1730 g/mol. The number of unbranched alkanes of at least 4 members (excludes halogenated alkanes) is 36. The van der Waals surface area contributed by atoms with Gasteiger partial charge in [0, 0.05) is 0 Å². The normalized spacial score (nSPS) is 21.7. The Morgan fingerprint density at radius 1 is 0.125 bits per heavy atom. The van der Waals surface area contributed by atoms with E-state index in [-0.39, 0.29) is 0 Å². The van der Waals surface area contributed by atoms with Crippen LogP contribution < -0.4 is 0 Å². The fourth-order valence-corrected chi connectivity index (χ4v) is 29.3. The zero-order chi connectivity index (χ0) is 99.7. The SMILES string of the molecule is CCCCCCCCC[C@H]1CC[C@H](c2ccc(CCc3c(CCc4ccc([C@H]5CC[C@H](CCCCCCCCC)CC5)cc4)c(CCc4ccc([C@H]5CC[C@H](CCCCCCCCC)CC5)cc4)c(CCc4ccc([C@H]5CC[C@H](CCCCCCCCC)CC5)cc4)c(CCc4ccc([C@H]5CC[C@H](CCCCCCCCC)CC5)cc4)c3CCc3ccc([C@H]4CC[C@H](CCCCCCCCC)CC4)cc3)cc2)CC1. The highest BCUT2D eigenvalue weighted by Crippen LogP contribution is 2.47. The Bertz CT molecular complexity index is 3610. The van der Waals surface area contributed by atoms with Gasteiger partial charge in [-0.15, -0.1) is 0 Å². The third-order valence-electron chi connectivity index (χ3n) is 39.3. The van der Waals surface area contributed by atoms with E-state index in [1.54, 1.807) is 100 Å². The van der Waals surface area contributed by atoms with Crippen LogP contribution in [0, 0.1) is 35.5 Å². The van der Waals surface area contributed by atoms with E-state index in [9.17, 15) is 0 Å². The molecule has 0 atom stereocenters. The van der Waals surface area contributed by atoms with Crippen molar-refractivity contribution in [3.8, 4) is 0 Å². The molecule has 7 aromatic carbocycles. The van der Waals surface area contributed by atoms with E-state index >= 15 is 0 Å². The molecule has 0 aliphatic heterocycles. The summed E-state index contributed by atoms with van der Waals surface area (Å²) in [6.45, 7) is 14.1. The van der Waals surface area contributed by atoms with Crippen molar-refractivity contribution in [2.24, 2.45) is 35.5 Å². The Labute approximate surface area is 891 Å². The van der Waals surface area contributed by atoms with Gasteiger partial charge >= 0.3 is 0 Å². The number of hydrogen-bond donors (Lipinski definition) is 0. The van der Waals surface area contributed by atoms with Crippen LogP contribution in [-0.2, 0) is 77.0 Å². The summed E-state index contributed by atoms with van der Waals surface area (Å²) >= 11 is 0. The van der Waals surface area contributed by atoms with Crippen LogP contribution in [0.4, 0.5) is 0 Å². The molecule has 0 unspecified atom stereocenters. The fraction of sp³-hybridized carbons (Fsp3) is 0.708. The first-order valence-corrected chi connectivity index (χ1v) is 64.9. The Balaban J connectivity index is 0.850. The lowest BCUT2D eigenvalue weighted by molar-refractivity contribution is 0.301. The quantitative estimate of drug-likeness (QED) is 0.0333. The first-order chi connectivity index (χ1) is 71.2. The molecule has 0 saturated heterocycles. The van der Waals surface area contributed by atoms with E-state index in [1.165, 1.54) is 462 Å². The molecule has 144 heavy (non-hydrogen) atoms. The van der Waals surface area contributed by atoms with Crippen molar-refractivity contribution in [1.29, 1.82) is 0 Å². The van der Waals surface area contributed by atoms with Gasteiger partial charge in [0.15, 0.2) is 0 Å². The molecule has 0 nitrogen and oxygen atoms in total. The summed E-state index contributed by atoms with van der Waals surface area (Å²) in [6.07, 6.45) is 115. The summed E-state index contributed by atoms with van der Waals surface area (Å²) < 4.78 is 0. The summed E-state index contributed by atoms with van der Waals surface area (Å²) in [4.78, 5) is 0. The highest BCUT2D eigenvalue weighted by atomic mass is 14.4. The third kappa shape index (κ3) is 41.3. The lowest BCUT2D eigenvalue weighted by atomic mass is 9.75. The lowest BCUT2D eigenvalue weighted by Crippen LogP contribution is -2.18. The molecule has 0 radical (unpaired) electrons. The van der Waals surface area contributed by atoms with Gasteiger partial charge in [0.1, 0.15) is 0 Å². The van der Waals surface area contributed by atoms with Crippen LogP contribution in [0.3, 0.4) is 0 Å². The van der Waals surface area contributed by atoms with E-state index in [1.807, 2.05) is 0 Å². The van der Waals surface area contributed by atoms with Crippen molar-refractivity contribution in [2.75, 3.05) is 0 Å². The summed E-state index contributed by atoms with van der Waals surface area (Å²) in [7, 11) is 0. The van der Waals surface area contributed by atoms with Crippen LogP contribution in [0.5, 0.6) is 0 Å². The summed E-state index contributed by atoms with van der Waals surface area (Å²) in [6, 6.07) is 63.3. The van der Waals surface area contributed by atoms with Crippen molar-refractivity contribution >= 4 is 0 Å². The van der Waals surface area contributed by atoms with Crippen LogP contribution in [-0.4, -0.2) is 0 Å². The second kappa shape index (κ2) is 69.2. The smallest absolute Gasteiger partial charge is 0.0162 e. The monoisotopic (exact) mass is 1950 g/mol. The van der Waals surface area contributed by atoms with E-state index < -0.39 is 0 Å². The highest BCUT2D eigenvalue weighted by Gasteiger charge is 2.32. The van der Waals surface area contributed by atoms with Crippen LogP contribution in [0.2, 0.25) is 0 Å². The molecule has 0 aromatic heterocycles. The second-order valence-electron chi connectivity index (χ2n) is 50.1. The van der Waals surface area contributed by atoms with Gasteiger partial charge in [-0.2, -0.15) is 0 Å². The Kier molecular flexibility index (Phi) is 55.5.